The van der Waals surface area contributed by atoms with Crippen LogP contribution >= 0.6 is 0 Å². The van der Waals surface area contributed by atoms with Crippen molar-refractivity contribution in [3.63, 3.8) is 0 Å². The van der Waals surface area contributed by atoms with Gasteiger partial charge in [0.1, 0.15) is 18.2 Å². The number of aryl methyl sites for hydroxylation is 1. The van der Waals surface area contributed by atoms with Crippen molar-refractivity contribution in [1.29, 1.82) is 0 Å². The molecular formula is C28H29N11O3. The van der Waals surface area contributed by atoms with Crippen LogP contribution < -0.4 is 15.5 Å². The van der Waals surface area contributed by atoms with Crippen LogP contribution in [0.5, 0.6) is 0 Å². The molecule has 0 bridgehead atoms. The third-order valence-electron chi connectivity index (χ3n) is 7.97. The van der Waals surface area contributed by atoms with Crippen LogP contribution in [-0.2, 0) is 9.59 Å². The molecule has 214 valence electrons. The Morgan fingerprint density at radius 2 is 1.98 bits per heavy atom. The van der Waals surface area contributed by atoms with Gasteiger partial charge in [0.2, 0.25) is 5.91 Å². The van der Waals surface area contributed by atoms with Crippen molar-refractivity contribution in [3.05, 3.63) is 59.4 Å². The average molecular weight is 568 g/mol. The highest BCUT2D eigenvalue weighted by atomic mass is 16.2. The summed E-state index contributed by atoms with van der Waals surface area (Å²) in [7, 11) is 1.49. The summed E-state index contributed by atoms with van der Waals surface area (Å²) in [5, 5.41) is 18.8. The van der Waals surface area contributed by atoms with Crippen LogP contribution in [0, 0.1) is 12.8 Å². The normalized spacial score (nSPS) is 20.7. The van der Waals surface area contributed by atoms with Gasteiger partial charge in [0, 0.05) is 30.8 Å². The number of nitrogens with zero attached hydrogens (tertiary/aromatic N) is 9. The van der Waals surface area contributed by atoms with E-state index in [4.69, 9.17) is 5.10 Å². The van der Waals surface area contributed by atoms with E-state index in [0.717, 1.165) is 34.5 Å². The second-order valence-corrected chi connectivity index (χ2v) is 11.2. The van der Waals surface area contributed by atoms with Crippen LogP contribution in [0.1, 0.15) is 66.8 Å². The lowest BCUT2D eigenvalue weighted by Crippen LogP contribution is -2.31. The number of likely N-dealkylation sites (N-methyl/N-ethyl adjacent to an activating group) is 1. The molecule has 1 saturated heterocycles. The van der Waals surface area contributed by atoms with Gasteiger partial charge < -0.3 is 5.32 Å². The predicted octanol–water partition coefficient (Wildman–Crippen LogP) is 2.81. The number of carbonyl (C=O) groups is 3. The maximum atomic E-state index is 12.8. The number of aromatic nitrogens is 7. The molecule has 0 spiro atoms. The van der Waals surface area contributed by atoms with E-state index in [1.54, 1.807) is 10.7 Å². The highest BCUT2D eigenvalue weighted by molar-refractivity contribution is 6.11. The summed E-state index contributed by atoms with van der Waals surface area (Å²) >= 11 is 0. The number of nitrogens with one attached hydrogen (secondary N) is 2. The first kappa shape index (κ1) is 25.9. The molecule has 42 heavy (non-hydrogen) atoms. The Morgan fingerprint density at radius 1 is 1.14 bits per heavy atom. The summed E-state index contributed by atoms with van der Waals surface area (Å²) < 4.78 is 1.71. The molecule has 2 unspecified atom stereocenters. The lowest BCUT2D eigenvalue weighted by Gasteiger charge is -2.17. The number of hydrogen-bond donors (Lipinski definition) is 2. The molecule has 0 radical (unpaired) electrons. The molecule has 14 nitrogen and oxygen atoms in total. The van der Waals surface area contributed by atoms with Gasteiger partial charge in [-0.15, -0.1) is 5.10 Å². The summed E-state index contributed by atoms with van der Waals surface area (Å²) in [5.41, 5.74) is 3.53. The van der Waals surface area contributed by atoms with Gasteiger partial charge in [-0.1, -0.05) is 0 Å². The Morgan fingerprint density at radius 3 is 2.71 bits per heavy atom. The third kappa shape index (κ3) is 4.78. The van der Waals surface area contributed by atoms with E-state index in [-0.39, 0.29) is 48.2 Å². The Bertz CT molecular complexity index is 1750. The summed E-state index contributed by atoms with van der Waals surface area (Å²) in [6, 6.07) is 7.16. The molecule has 3 aliphatic rings. The molecule has 2 N–H and O–H groups in total. The standard InChI is InChI=1S/C28H29N11O3/c1-14-6-7-29-25(31-14)19-11-20(19)26(41)34-27-33-22(12-30-35-27)32-15(2)21-10-18-8-17(16-4-5-16)9-23(39(18)36-21)38-13-24(40)37(3)28(38)42/h6-10,12,15-16,19-20H,4-5,11,13H2,1-3H3,(H2,32,33,34,35,41)/t15-,19?,20?/m0/s1. The molecule has 2 saturated carbocycles. The number of carbonyl (C=O) groups excluding carboxylic acids is 3. The number of amides is 4. The van der Waals surface area contributed by atoms with Crippen LogP contribution in [0.15, 0.2) is 36.7 Å². The van der Waals surface area contributed by atoms with Crippen LogP contribution in [0.25, 0.3) is 5.52 Å². The first-order valence-corrected chi connectivity index (χ1v) is 13.9. The zero-order valence-electron chi connectivity index (χ0n) is 23.4. The SMILES string of the molecule is Cc1ccnc(C2CC2C(=O)Nc2nncc(N[C@@H](C)c3cc4cc(C5CC5)cc(N5CC(=O)N(C)C5=O)n4n3)n2)n1. The summed E-state index contributed by atoms with van der Waals surface area (Å²) in [6.45, 7) is 3.80. The topological polar surface area (TPSA) is 164 Å². The molecule has 7 rings (SSSR count). The van der Waals surface area contributed by atoms with Crippen LogP contribution in [0.3, 0.4) is 0 Å². The van der Waals surface area contributed by atoms with Crippen molar-refractivity contribution in [2.75, 3.05) is 29.1 Å². The maximum Gasteiger partial charge on any atom is 0.332 e. The second kappa shape index (κ2) is 9.82. The Balaban J connectivity index is 1.08. The van der Waals surface area contributed by atoms with Gasteiger partial charge >= 0.3 is 6.03 Å². The summed E-state index contributed by atoms with van der Waals surface area (Å²) in [5.74, 6) is 1.49. The van der Waals surface area contributed by atoms with Gasteiger partial charge in [-0.3, -0.25) is 24.7 Å². The van der Waals surface area contributed by atoms with E-state index in [9.17, 15) is 14.4 Å². The van der Waals surface area contributed by atoms with Crippen molar-refractivity contribution in [2.45, 2.75) is 51.0 Å². The Hall–Kier alpha value is -5.01. The number of urea groups is 1. The van der Waals surface area contributed by atoms with Gasteiger partial charge in [0.15, 0.2) is 5.82 Å². The lowest BCUT2D eigenvalue weighted by molar-refractivity contribution is -0.124. The number of imide groups is 1. The number of anilines is 3. The minimum atomic E-state index is -0.372. The fourth-order valence-electron chi connectivity index (χ4n) is 5.30. The van der Waals surface area contributed by atoms with Crippen LogP contribution in [-0.4, -0.2) is 71.1 Å². The maximum absolute atomic E-state index is 12.8. The van der Waals surface area contributed by atoms with Gasteiger partial charge in [-0.2, -0.15) is 15.2 Å². The highest BCUT2D eigenvalue weighted by Gasteiger charge is 2.46. The van der Waals surface area contributed by atoms with E-state index in [0.29, 0.717) is 35.5 Å². The quantitative estimate of drug-likeness (QED) is 0.303. The molecule has 14 heteroatoms. The largest absolute Gasteiger partial charge is 0.360 e. The average Bonchev–Trinajstić information content (AvgIpc) is 3.90. The van der Waals surface area contributed by atoms with Crippen molar-refractivity contribution in [1.82, 2.24) is 39.7 Å². The fraction of sp³-hybridized carbons (Fsp3) is 0.393. The van der Waals surface area contributed by atoms with E-state index >= 15 is 0 Å². The smallest absolute Gasteiger partial charge is 0.332 e. The van der Waals surface area contributed by atoms with Crippen molar-refractivity contribution >= 4 is 40.9 Å². The molecule has 2 aliphatic carbocycles. The van der Waals surface area contributed by atoms with Crippen molar-refractivity contribution in [3.8, 4) is 0 Å². The van der Waals surface area contributed by atoms with Gasteiger partial charge in [0.05, 0.1) is 23.4 Å². The first-order valence-electron chi connectivity index (χ1n) is 13.9. The first-order chi connectivity index (χ1) is 20.2. The Kier molecular flexibility index (Phi) is 6.06. The Labute approximate surface area is 240 Å². The van der Waals surface area contributed by atoms with E-state index in [1.165, 1.54) is 18.1 Å². The molecule has 4 aromatic heterocycles. The van der Waals surface area contributed by atoms with E-state index < -0.39 is 0 Å². The van der Waals surface area contributed by atoms with E-state index in [1.807, 2.05) is 32.0 Å². The molecule has 0 aromatic carbocycles. The van der Waals surface area contributed by atoms with E-state index in [2.05, 4.69) is 41.8 Å². The van der Waals surface area contributed by atoms with Crippen LogP contribution in [0.2, 0.25) is 0 Å². The molecular weight excluding hydrogens is 538 g/mol. The molecule has 4 aromatic rings. The zero-order valence-corrected chi connectivity index (χ0v) is 23.4. The lowest BCUT2D eigenvalue weighted by atomic mass is 10.1. The van der Waals surface area contributed by atoms with Gasteiger partial charge in [0.25, 0.3) is 11.9 Å². The van der Waals surface area contributed by atoms with Crippen molar-refractivity contribution < 1.29 is 14.4 Å². The number of pyridine rings is 1. The molecule has 5 heterocycles. The van der Waals surface area contributed by atoms with Gasteiger partial charge in [-0.25, -0.2) is 19.3 Å². The minimum Gasteiger partial charge on any atom is -0.360 e. The third-order valence-corrected chi connectivity index (χ3v) is 7.97. The summed E-state index contributed by atoms with van der Waals surface area (Å²) in [6.07, 6.45) is 6.05. The highest BCUT2D eigenvalue weighted by Crippen LogP contribution is 2.46. The summed E-state index contributed by atoms with van der Waals surface area (Å²) in [4.78, 5) is 53.6. The second-order valence-electron chi connectivity index (χ2n) is 11.2. The molecule has 3 fully saturated rings. The predicted molar refractivity (Wildman–Crippen MR) is 151 cm³/mol. The van der Waals surface area contributed by atoms with Gasteiger partial charge in [-0.05, 0) is 68.9 Å². The minimum absolute atomic E-state index is 0.0195. The number of fused-ring (bicyclic) bond motifs is 1. The fourth-order valence-corrected chi connectivity index (χ4v) is 5.30. The molecule has 4 amide bonds. The number of hydrogen-bond acceptors (Lipinski definition) is 10. The molecule has 1 aliphatic heterocycles. The molecule has 3 atom stereocenters. The van der Waals surface area contributed by atoms with Crippen LogP contribution in [0.4, 0.5) is 22.4 Å². The monoisotopic (exact) mass is 567 g/mol. The van der Waals surface area contributed by atoms with Crippen molar-refractivity contribution in [2.24, 2.45) is 5.92 Å². The zero-order chi connectivity index (χ0) is 29.1. The number of rotatable bonds is 8.